The molecule has 0 aliphatic heterocycles. The summed E-state index contributed by atoms with van der Waals surface area (Å²) in [7, 11) is 3.04. The number of carbonyl (C=O) groups is 3. The number of hydrogen-bond donors (Lipinski definition) is 3. The van der Waals surface area contributed by atoms with E-state index >= 15 is 0 Å². The van der Waals surface area contributed by atoms with Gasteiger partial charge in [-0.25, -0.2) is 5.43 Å². The van der Waals surface area contributed by atoms with Gasteiger partial charge in [-0.15, -0.1) is 0 Å². The van der Waals surface area contributed by atoms with Crippen molar-refractivity contribution in [1.29, 1.82) is 0 Å². The number of rotatable bonds is 7. The Morgan fingerprint density at radius 2 is 1.67 bits per heavy atom. The maximum Gasteiger partial charge on any atom is 0.329 e. The normalized spacial score (nSPS) is 13.9. The van der Waals surface area contributed by atoms with Crippen LogP contribution in [0.3, 0.4) is 0 Å². The van der Waals surface area contributed by atoms with Crippen molar-refractivity contribution in [2.75, 3.05) is 19.5 Å². The second-order valence-electron chi connectivity index (χ2n) is 7.62. The number of carbonyl (C=O) groups excluding carboxylic acids is 3. The van der Waals surface area contributed by atoms with Gasteiger partial charge in [-0.1, -0.05) is 31.4 Å². The summed E-state index contributed by atoms with van der Waals surface area (Å²) in [4.78, 5) is 37.2. The molecule has 33 heavy (non-hydrogen) atoms. The lowest BCUT2D eigenvalue weighted by molar-refractivity contribution is -0.136. The van der Waals surface area contributed by atoms with Crippen molar-refractivity contribution in [3.8, 4) is 11.5 Å². The summed E-state index contributed by atoms with van der Waals surface area (Å²) in [5, 5.41) is 9.31. The number of nitrogens with one attached hydrogen (secondary N) is 3. The van der Waals surface area contributed by atoms with Gasteiger partial charge in [-0.05, 0) is 48.7 Å². The highest BCUT2D eigenvalue weighted by atomic mass is 16.5. The van der Waals surface area contributed by atoms with Gasteiger partial charge in [0.05, 0.1) is 31.7 Å². The molecule has 0 spiro atoms. The molecule has 3 rings (SSSR count). The van der Waals surface area contributed by atoms with Crippen LogP contribution in [-0.4, -0.2) is 44.2 Å². The van der Waals surface area contributed by atoms with Crippen LogP contribution in [0.1, 0.15) is 48.0 Å². The van der Waals surface area contributed by atoms with Gasteiger partial charge in [0.25, 0.3) is 5.91 Å². The van der Waals surface area contributed by atoms with Crippen LogP contribution in [0.15, 0.2) is 47.6 Å². The fraction of sp³-hybridized carbons (Fsp3) is 0.333. The second kappa shape index (κ2) is 11.7. The topological polar surface area (TPSA) is 118 Å². The molecule has 3 N–H and O–H groups in total. The van der Waals surface area contributed by atoms with E-state index in [-0.39, 0.29) is 17.6 Å². The molecule has 1 aliphatic rings. The van der Waals surface area contributed by atoms with Crippen molar-refractivity contribution in [2.45, 2.75) is 38.1 Å². The summed E-state index contributed by atoms with van der Waals surface area (Å²) in [6.07, 6.45) is 6.63. The molecule has 0 unspecified atom stereocenters. The standard InChI is InChI=1S/C24H28N4O5/c1-32-20-13-12-16(14-21(20)33-2)15-25-28-24(31)23(30)27-19-11-7-6-10-18(19)22(29)26-17-8-4-3-5-9-17/h6-7,10-15,17H,3-5,8-9H2,1-2H3,(H,26,29)(H,27,30)(H,28,31)/b25-15+. The molecule has 0 radical (unpaired) electrons. The minimum atomic E-state index is -0.964. The van der Waals surface area contributed by atoms with Gasteiger partial charge >= 0.3 is 11.8 Å². The minimum absolute atomic E-state index is 0.129. The van der Waals surface area contributed by atoms with Crippen molar-refractivity contribution < 1.29 is 23.9 Å². The Morgan fingerprint density at radius 1 is 0.939 bits per heavy atom. The Bertz CT molecular complexity index is 1030. The first kappa shape index (κ1) is 23.8. The molecular formula is C24H28N4O5. The number of para-hydroxylation sites is 1. The summed E-state index contributed by atoms with van der Waals surface area (Å²) in [6.45, 7) is 0. The number of hydrazone groups is 1. The first-order valence-electron chi connectivity index (χ1n) is 10.8. The first-order valence-corrected chi connectivity index (χ1v) is 10.8. The predicted octanol–water partition coefficient (Wildman–Crippen LogP) is 2.86. The Morgan fingerprint density at radius 3 is 2.39 bits per heavy atom. The number of benzene rings is 2. The van der Waals surface area contributed by atoms with Gasteiger partial charge < -0.3 is 20.1 Å². The summed E-state index contributed by atoms with van der Waals surface area (Å²) < 4.78 is 10.4. The van der Waals surface area contributed by atoms with E-state index in [0.717, 1.165) is 25.7 Å². The quantitative estimate of drug-likeness (QED) is 0.339. The second-order valence-corrected chi connectivity index (χ2v) is 7.62. The van der Waals surface area contributed by atoms with Crippen LogP contribution in [0.5, 0.6) is 11.5 Å². The summed E-state index contributed by atoms with van der Waals surface area (Å²) in [5.74, 6) is -1.10. The highest BCUT2D eigenvalue weighted by molar-refractivity contribution is 6.40. The van der Waals surface area contributed by atoms with Gasteiger partial charge in [-0.2, -0.15) is 5.10 Å². The van der Waals surface area contributed by atoms with Crippen LogP contribution < -0.4 is 25.5 Å². The maximum absolute atomic E-state index is 12.7. The fourth-order valence-corrected chi connectivity index (χ4v) is 3.63. The van der Waals surface area contributed by atoms with E-state index in [4.69, 9.17) is 9.47 Å². The molecular weight excluding hydrogens is 424 g/mol. The number of methoxy groups -OCH3 is 2. The SMILES string of the molecule is COc1ccc(/C=N/NC(=O)C(=O)Nc2ccccc2C(=O)NC2CCCCC2)cc1OC. The molecule has 9 heteroatoms. The molecule has 1 fully saturated rings. The molecule has 9 nitrogen and oxygen atoms in total. The Balaban J connectivity index is 1.59. The van der Waals surface area contributed by atoms with Crippen LogP contribution in [-0.2, 0) is 9.59 Å². The molecule has 0 aromatic heterocycles. The Labute approximate surface area is 192 Å². The van der Waals surface area contributed by atoms with Gasteiger partial charge in [0.15, 0.2) is 11.5 Å². The van der Waals surface area contributed by atoms with Crippen LogP contribution in [0.4, 0.5) is 5.69 Å². The average molecular weight is 453 g/mol. The highest BCUT2D eigenvalue weighted by Crippen LogP contribution is 2.26. The van der Waals surface area contributed by atoms with E-state index in [2.05, 4.69) is 21.2 Å². The van der Waals surface area contributed by atoms with Gasteiger partial charge in [0, 0.05) is 6.04 Å². The third-order valence-electron chi connectivity index (χ3n) is 5.35. The minimum Gasteiger partial charge on any atom is -0.493 e. The number of anilines is 1. The Kier molecular flexibility index (Phi) is 8.40. The van der Waals surface area contributed by atoms with Crippen LogP contribution in [0.2, 0.25) is 0 Å². The number of amides is 3. The first-order chi connectivity index (χ1) is 16.0. The Hall–Kier alpha value is -3.88. The molecule has 1 aliphatic carbocycles. The molecule has 2 aromatic rings. The molecule has 1 saturated carbocycles. The molecule has 0 heterocycles. The zero-order chi connectivity index (χ0) is 23.6. The molecule has 0 saturated heterocycles. The number of nitrogens with zero attached hydrogens (tertiary/aromatic N) is 1. The van der Waals surface area contributed by atoms with Crippen LogP contribution >= 0.6 is 0 Å². The molecule has 174 valence electrons. The fourth-order valence-electron chi connectivity index (χ4n) is 3.63. The third kappa shape index (κ3) is 6.55. The monoisotopic (exact) mass is 452 g/mol. The lowest BCUT2D eigenvalue weighted by Gasteiger charge is -2.23. The summed E-state index contributed by atoms with van der Waals surface area (Å²) >= 11 is 0. The van der Waals surface area contributed by atoms with Crippen molar-refractivity contribution in [3.63, 3.8) is 0 Å². The lowest BCUT2D eigenvalue weighted by Crippen LogP contribution is -2.37. The van der Waals surface area contributed by atoms with Gasteiger partial charge in [0.1, 0.15) is 0 Å². The van der Waals surface area contributed by atoms with E-state index in [1.807, 2.05) is 0 Å². The van der Waals surface area contributed by atoms with Crippen LogP contribution in [0, 0.1) is 0 Å². The third-order valence-corrected chi connectivity index (χ3v) is 5.35. The van der Waals surface area contributed by atoms with Crippen LogP contribution in [0.25, 0.3) is 0 Å². The van der Waals surface area contributed by atoms with E-state index in [1.165, 1.54) is 26.9 Å². The predicted molar refractivity (Wildman–Crippen MR) is 125 cm³/mol. The van der Waals surface area contributed by atoms with E-state index in [1.54, 1.807) is 42.5 Å². The van der Waals surface area contributed by atoms with E-state index in [9.17, 15) is 14.4 Å². The molecule has 2 aromatic carbocycles. The van der Waals surface area contributed by atoms with Crippen molar-refractivity contribution in [2.24, 2.45) is 5.10 Å². The van der Waals surface area contributed by atoms with E-state index in [0.29, 0.717) is 22.6 Å². The van der Waals surface area contributed by atoms with Crippen molar-refractivity contribution >= 4 is 29.6 Å². The smallest absolute Gasteiger partial charge is 0.329 e. The average Bonchev–Trinajstić information content (AvgIpc) is 2.84. The number of ether oxygens (including phenoxy) is 2. The van der Waals surface area contributed by atoms with Crippen molar-refractivity contribution in [3.05, 3.63) is 53.6 Å². The molecule has 0 atom stereocenters. The van der Waals surface area contributed by atoms with E-state index < -0.39 is 11.8 Å². The van der Waals surface area contributed by atoms with Crippen molar-refractivity contribution in [1.82, 2.24) is 10.7 Å². The molecule has 0 bridgehead atoms. The van der Waals surface area contributed by atoms with Gasteiger partial charge in [0.2, 0.25) is 0 Å². The zero-order valence-corrected chi connectivity index (χ0v) is 18.7. The summed E-state index contributed by atoms with van der Waals surface area (Å²) in [6, 6.07) is 11.8. The van der Waals surface area contributed by atoms with Gasteiger partial charge in [-0.3, -0.25) is 14.4 Å². The zero-order valence-electron chi connectivity index (χ0n) is 18.7. The maximum atomic E-state index is 12.7. The summed E-state index contributed by atoms with van der Waals surface area (Å²) in [5.41, 5.74) is 3.38. The highest BCUT2D eigenvalue weighted by Gasteiger charge is 2.20. The largest absolute Gasteiger partial charge is 0.493 e. The number of hydrogen-bond acceptors (Lipinski definition) is 6. The lowest BCUT2D eigenvalue weighted by atomic mass is 9.95. The molecule has 3 amide bonds.